The highest BCUT2D eigenvalue weighted by atomic mass is 35.5. The molecule has 84 valence electrons. The molecule has 5 heteroatoms. The molecule has 0 N–H and O–H groups in total. The van der Waals surface area contributed by atoms with Crippen LogP contribution in [0.1, 0.15) is 25.7 Å². The van der Waals surface area contributed by atoms with Crippen molar-refractivity contribution in [2.45, 2.75) is 20.1 Å². The fourth-order valence-corrected chi connectivity index (χ4v) is 1.39. The summed E-state index contributed by atoms with van der Waals surface area (Å²) in [5.41, 5.74) is 0.155. The molecule has 0 aromatic carbocycles. The van der Waals surface area contributed by atoms with Crippen molar-refractivity contribution >= 4 is 11.6 Å². The smallest absolute Gasteiger partial charge is 0.189 e. The zero-order chi connectivity index (χ0) is 11.3. The minimum Gasteiger partial charge on any atom is -0.348 e. The van der Waals surface area contributed by atoms with Crippen LogP contribution in [0.25, 0.3) is 0 Å². The zero-order valence-corrected chi connectivity index (χ0v) is 9.42. The van der Waals surface area contributed by atoms with E-state index in [0.717, 1.165) is 0 Å². The summed E-state index contributed by atoms with van der Waals surface area (Å²) in [5.74, 6) is -0.470. The number of pyridine rings is 1. The van der Waals surface area contributed by atoms with Crippen molar-refractivity contribution in [3.05, 3.63) is 28.8 Å². The average molecular weight is 234 g/mol. The van der Waals surface area contributed by atoms with Crippen molar-refractivity contribution in [1.82, 2.24) is 4.98 Å². The lowest BCUT2D eigenvalue weighted by Gasteiger charge is -2.18. The molecule has 0 amide bonds. The maximum Gasteiger partial charge on any atom is 0.189 e. The van der Waals surface area contributed by atoms with Gasteiger partial charge in [0.2, 0.25) is 0 Å². The van der Waals surface area contributed by atoms with Crippen LogP contribution >= 0.6 is 11.6 Å². The Hall–Kier alpha value is -0.710. The normalized spacial score (nSPS) is 11.0. The second-order valence-corrected chi connectivity index (χ2v) is 3.10. The van der Waals surface area contributed by atoms with Gasteiger partial charge in [0.1, 0.15) is 11.0 Å². The number of nitrogens with zero attached hydrogens (tertiary/aromatic N) is 1. The molecule has 1 heterocycles. The zero-order valence-electron chi connectivity index (χ0n) is 8.67. The molecule has 0 unspecified atom stereocenters. The van der Waals surface area contributed by atoms with E-state index in [-0.39, 0.29) is 10.7 Å². The van der Waals surface area contributed by atoms with E-state index in [1.54, 1.807) is 13.8 Å². The van der Waals surface area contributed by atoms with E-state index < -0.39 is 12.1 Å². The number of halogens is 2. The third-order valence-corrected chi connectivity index (χ3v) is 2.06. The second-order valence-electron chi connectivity index (χ2n) is 2.74. The van der Waals surface area contributed by atoms with Crippen LogP contribution < -0.4 is 0 Å². The highest BCUT2D eigenvalue weighted by Crippen LogP contribution is 2.27. The minimum atomic E-state index is -0.791. The summed E-state index contributed by atoms with van der Waals surface area (Å²) in [4.78, 5) is 3.79. The van der Waals surface area contributed by atoms with Gasteiger partial charge in [0.05, 0.1) is 5.56 Å². The van der Waals surface area contributed by atoms with Gasteiger partial charge in [0.25, 0.3) is 0 Å². The van der Waals surface area contributed by atoms with Crippen LogP contribution in [-0.4, -0.2) is 18.2 Å². The molecule has 0 saturated carbocycles. The molecule has 0 atom stereocenters. The summed E-state index contributed by atoms with van der Waals surface area (Å²) >= 11 is 5.78. The Morgan fingerprint density at radius 1 is 1.40 bits per heavy atom. The summed E-state index contributed by atoms with van der Waals surface area (Å²) in [6, 6.07) is 1.23. The van der Waals surface area contributed by atoms with Crippen LogP contribution in [0.2, 0.25) is 5.15 Å². The van der Waals surface area contributed by atoms with E-state index in [1.165, 1.54) is 12.3 Å². The van der Waals surface area contributed by atoms with E-state index in [9.17, 15) is 4.39 Å². The van der Waals surface area contributed by atoms with Gasteiger partial charge in [0.15, 0.2) is 6.29 Å². The predicted molar refractivity (Wildman–Crippen MR) is 55.2 cm³/mol. The van der Waals surface area contributed by atoms with E-state index in [1.807, 2.05) is 0 Å². The lowest BCUT2D eigenvalue weighted by Crippen LogP contribution is -2.12. The first-order chi connectivity index (χ1) is 7.20. The number of rotatable bonds is 5. The van der Waals surface area contributed by atoms with Gasteiger partial charge in [0, 0.05) is 19.4 Å². The monoisotopic (exact) mass is 233 g/mol. The molecule has 1 aromatic heterocycles. The van der Waals surface area contributed by atoms with E-state index >= 15 is 0 Å². The largest absolute Gasteiger partial charge is 0.348 e. The molecule has 1 rings (SSSR count). The molecule has 0 aliphatic rings. The van der Waals surface area contributed by atoms with Crippen LogP contribution in [-0.2, 0) is 9.47 Å². The molecular weight excluding hydrogens is 221 g/mol. The van der Waals surface area contributed by atoms with E-state index in [0.29, 0.717) is 13.2 Å². The van der Waals surface area contributed by atoms with Gasteiger partial charge >= 0.3 is 0 Å². The number of aromatic nitrogens is 1. The predicted octanol–water partition coefficient (Wildman–Crippen LogP) is 2.95. The van der Waals surface area contributed by atoms with Gasteiger partial charge in [-0.15, -0.1) is 0 Å². The van der Waals surface area contributed by atoms with Crippen molar-refractivity contribution in [1.29, 1.82) is 0 Å². The molecule has 15 heavy (non-hydrogen) atoms. The Kier molecular flexibility index (Phi) is 4.94. The van der Waals surface area contributed by atoms with Crippen molar-refractivity contribution in [3.63, 3.8) is 0 Å². The Labute approximate surface area is 93.2 Å². The lowest BCUT2D eigenvalue weighted by atomic mass is 10.2. The van der Waals surface area contributed by atoms with Crippen molar-refractivity contribution < 1.29 is 13.9 Å². The lowest BCUT2D eigenvalue weighted by molar-refractivity contribution is -0.142. The Balaban J connectivity index is 2.98. The number of ether oxygens (including phenoxy) is 2. The molecule has 0 bridgehead atoms. The van der Waals surface area contributed by atoms with Gasteiger partial charge in [-0.2, -0.15) is 0 Å². The van der Waals surface area contributed by atoms with E-state index in [4.69, 9.17) is 21.1 Å². The molecule has 1 aromatic rings. The molecular formula is C10H13ClFNO2. The summed E-state index contributed by atoms with van der Waals surface area (Å²) in [6.07, 6.45) is 0.511. The maximum atomic E-state index is 13.5. The Bertz CT molecular complexity index is 296. The van der Waals surface area contributed by atoms with Gasteiger partial charge < -0.3 is 9.47 Å². The first-order valence-corrected chi connectivity index (χ1v) is 5.11. The van der Waals surface area contributed by atoms with Crippen molar-refractivity contribution in [2.24, 2.45) is 0 Å². The number of hydrogen-bond donors (Lipinski definition) is 0. The molecule has 0 saturated heterocycles. The topological polar surface area (TPSA) is 31.4 Å². The molecule has 0 fully saturated rings. The fourth-order valence-electron chi connectivity index (χ4n) is 1.15. The van der Waals surface area contributed by atoms with Gasteiger partial charge in [-0.3, -0.25) is 0 Å². The molecule has 0 spiro atoms. The summed E-state index contributed by atoms with van der Waals surface area (Å²) < 4.78 is 23.9. The summed E-state index contributed by atoms with van der Waals surface area (Å²) in [5, 5.41) is 0.0712. The standard InChI is InChI=1S/C10H13ClFNO2/c1-3-14-10(15-4-2)8-7(12)5-6-13-9(8)11/h5-6,10H,3-4H2,1-2H3. The van der Waals surface area contributed by atoms with Gasteiger partial charge in [-0.1, -0.05) is 11.6 Å². The van der Waals surface area contributed by atoms with Crippen LogP contribution in [0.5, 0.6) is 0 Å². The maximum absolute atomic E-state index is 13.5. The van der Waals surface area contributed by atoms with E-state index in [2.05, 4.69) is 4.98 Å². The average Bonchev–Trinajstić information content (AvgIpc) is 2.18. The quantitative estimate of drug-likeness (QED) is 0.579. The molecule has 0 aliphatic heterocycles. The van der Waals surface area contributed by atoms with Crippen LogP contribution in [0.15, 0.2) is 12.3 Å². The highest BCUT2D eigenvalue weighted by molar-refractivity contribution is 6.30. The summed E-state index contributed by atoms with van der Waals surface area (Å²) in [6.45, 7) is 4.42. The SMILES string of the molecule is CCOC(OCC)c1c(F)ccnc1Cl. The Morgan fingerprint density at radius 3 is 2.47 bits per heavy atom. The minimum absolute atomic E-state index is 0.0712. The summed E-state index contributed by atoms with van der Waals surface area (Å²) in [7, 11) is 0. The first kappa shape index (κ1) is 12.4. The van der Waals surface area contributed by atoms with Crippen molar-refractivity contribution in [3.8, 4) is 0 Å². The van der Waals surface area contributed by atoms with Gasteiger partial charge in [-0.05, 0) is 19.9 Å². The second kappa shape index (κ2) is 6.00. The number of hydrogen-bond acceptors (Lipinski definition) is 3. The molecule has 0 radical (unpaired) electrons. The fraction of sp³-hybridized carbons (Fsp3) is 0.500. The third kappa shape index (κ3) is 3.12. The van der Waals surface area contributed by atoms with Crippen molar-refractivity contribution in [2.75, 3.05) is 13.2 Å². The molecule has 0 aliphatic carbocycles. The van der Waals surface area contributed by atoms with Crippen LogP contribution in [0, 0.1) is 5.82 Å². The molecule has 3 nitrogen and oxygen atoms in total. The first-order valence-electron chi connectivity index (χ1n) is 4.73. The van der Waals surface area contributed by atoms with Crippen LogP contribution in [0.3, 0.4) is 0 Å². The highest BCUT2D eigenvalue weighted by Gasteiger charge is 2.20. The Morgan fingerprint density at radius 2 is 2.00 bits per heavy atom. The van der Waals surface area contributed by atoms with Crippen LogP contribution in [0.4, 0.5) is 4.39 Å². The third-order valence-electron chi connectivity index (χ3n) is 1.76. The van der Waals surface area contributed by atoms with Gasteiger partial charge in [-0.25, -0.2) is 9.37 Å².